The van der Waals surface area contributed by atoms with Gasteiger partial charge in [0.05, 0.1) is 39.9 Å². The van der Waals surface area contributed by atoms with E-state index in [4.69, 9.17) is 9.05 Å². The second-order valence-corrected chi connectivity index (χ2v) is 22.8. The van der Waals surface area contributed by atoms with Gasteiger partial charge in [0.1, 0.15) is 13.2 Å². The van der Waals surface area contributed by atoms with Crippen LogP contribution in [0.2, 0.25) is 0 Å². The third kappa shape index (κ3) is 52.5. The lowest BCUT2D eigenvalue weighted by molar-refractivity contribution is -0.870. The Morgan fingerprint density at radius 2 is 0.838 bits per heavy atom. The number of quaternary nitrogens is 1. The minimum atomic E-state index is -4.35. The maximum absolute atomic E-state index is 12.9. The smallest absolute Gasteiger partial charge is 0.387 e. The number of aliphatic hydroxyl groups excluding tert-OH is 1. The Labute approximate surface area is 423 Å². The van der Waals surface area contributed by atoms with E-state index >= 15 is 0 Å². The van der Waals surface area contributed by atoms with Gasteiger partial charge < -0.3 is 19.8 Å². The Hall–Kier alpha value is -1.28. The lowest BCUT2D eigenvalue weighted by Crippen LogP contribution is -2.45. The van der Waals surface area contributed by atoms with E-state index in [0.717, 1.165) is 44.9 Å². The van der Waals surface area contributed by atoms with Crippen molar-refractivity contribution < 1.29 is 32.9 Å². The van der Waals surface area contributed by atoms with Gasteiger partial charge in [-0.3, -0.25) is 13.8 Å². The second-order valence-electron chi connectivity index (χ2n) is 21.4. The lowest BCUT2D eigenvalue weighted by atomic mass is 10.0. The highest BCUT2D eigenvalue weighted by Crippen LogP contribution is 2.43. The van der Waals surface area contributed by atoms with Crippen molar-refractivity contribution in [1.82, 2.24) is 5.32 Å². The van der Waals surface area contributed by atoms with Gasteiger partial charge >= 0.3 is 7.82 Å². The highest BCUT2D eigenvalue weighted by atomic mass is 31.2. The zero-order valence-electron chi connectivity index (χ0n) is 45.9. The SMILES string of the molecule is C/C=C/CC/C=C/CC/C=C/C(O)C(COP(=O)(O)OCC[N+](C)(C)C)NC(=O)CCCCCCCCCCCCCCCCCCCCCCCCCCCCCCCCCCCCCCC. The summed E-state index contributed by atoms with van der Waals surface area (Å²) in [6, 6.07) is -0.865. The number of aliphatic hydroxyl groups is 1. The molecule has 3 atom stereocenters. The molecule has 3 unspecified atom stereocenters. The summed E-state index contributed by atoms with van der Waals surface area (Å²) in [5.74, 6) is -0.190. The van der Waals surface area contributed by atoms with Crippen molar-refractivity contribution in [1.29, 1.82) is 0 Å². The van der Waals surface area contributed by atoms with E-state index in [-0.39, 0.29) is 19.1 Å². The van der Waals surface area contributed by atoms with E-state index < -0.39 is 20.0 Å². The number of nitrogens with one attached hydrogen (secondary N) is 1. The summed E-state index contributed by atoms with van der Waals surface area (Å²) in [5, 5.41) is 13.8. The standard InChI is InChI=1S/C59H115N2O6P/c1-6-8-10-12-14-16-17-18-19-20-21-22-23-24-25-26-27-28-29-30-31-32-33-34-35-36-37-38-39-40-41-42-43-45-47-49-51-53-59(63)60-57(56-67-68(64,65)66-55-54-61(3,4)5)58(62)52-50-48-46-44-15-13-11-9-7-2/h7,9,15,44,50,52,57-58,62H,6,8,10-14,16-43,45-49,51,53-56H2,1-5H3,(H-,60,63,64,65)/p+1/b9-7+,44-15+,52-50+. The number of phosphoric ester groups is 1. The zero-order valence-corrected chi connectivity index (χ0v) is 46.8. The zero-order chi connectivity index (χ0) is 49.9. The minimum Gasteiger partial charge on any atom is -0.387 e. The number of likely N-dealkylation sites (N-methyl/N-ethyl adjacent to an activating group) is 1. The van der Waals surface area contributed by atoms with Crippen molar-refractivity contribution in [2.24, 2.45) is 0 Å². The first-order chi connectivity index (χ1) is 33.0. The molecule has 402 valence electrons. The molecule has 0 heterocycles. The molecule has 68 heavy (non-hydrogen) atoms. The number of nitrogens with zero attached hydrogens (tertiary/aromatic N) is 1. The molecule has 0 aromatic heterocycles. The molecule has 0 radical (unpaired) electrons. The van der Waals surface area contributed by atoms with Crippen LogP contribution in [-0.2, 0) is 18.4 Å². The summed E-state index contributed by atoms with van der Waals surface area (Å²) >= 11 is 0. The fourth-order valence-corrected chi connectivity index (χ4v) is 9.59. The summed E-state index contributed by atoms with van der Waals surface area (Å²) in [6.07, 6.45) is 66.1. The Balaban J connectivity index is 3.79. The van der Waals surface area contributed by atoms with Crippen molar-refractivity contribution in [3.05, 3.63) is 36.5 Å². The fourth-order valence-electron chi connectivity index (χ4n) is 8.85. The molecule has 0 aliphatic rings. The quantitative estimate of drug-likeness (QED) is 0.0243. The van der Waals surface area contributed by atoms with E-state index in [1.807, 2.05) is 34.1 Å². The Morgan fingerprint density at radius 3 is 1.18 bits per heavy atom. The number of hydrogen-bond donors (Lipinski definition) is 3. The van der Waals surface area contributed by atoms with Gasteiger partial charge in [-0.25, -0.2) is 4.57 Å². The van der Waals surface area contributed by atoms with Crippen LogP contribution in [0, 0.1) is 0 Å². The number of unbranched alkanes of at least 4 members (excludes halogenated alkanes) is 38. The Morgan fingerprint density at radius 1 is 0.515 bits per heavy atom. The number of hydrogen-bond acceptors (Lipinski definition) is 5. The number of amides is 1. The molecule has 3 N–H and O–H groups in total. The van der Waals surface area contributed by atoms with E-state index in [2.05, 4.69) is 36.5 Å². The van der Waals surface area contributed by atoms with E-state index in [1.165, 1.54) is 218 Å². The highest BCUT2D eigenvalue weighted by Gasteiger charge is 2.27. The highest BCUT2D eigenvalue weighted by molar-refractivity contribution is 7.47. The van der Waals surface area contributed by atoms with Crippen LogP contribution in [0.25, 0.3) is 0 Å². The topological polar surface area (TPSA) is 105 Å². The van der Waals surface area contributed by atoms with Gasteiger partial charge in [-0.05, 0) is 39.0 Å². The predicted octanol–water partition coefficient (Wildman–Crippen LogP) is 17.8. The monoisotopic (exact) mass is 980 g/mol. The van der Waals surface area contributed by atoms with E-state index in [9.17, 15) is 19.4 Å². The average molecular weight is 981 g/mol. The predicted molar refractivity (Wildman–Crippen MR) is 295 cm³/mol. The Kier molecular flexibility index (Phi) is 49.7. The average Bonchev–Trinajstić information content (AvgIpc) is 3.30. The molecule has 0 fully saturated rings. The number of allylic oxidation sites excluding steroid dienone is 5. The van der Waals surface area contributed by atoms with Crippen LogP contribution in [-0.4, -0.2) is 73.4 Å². The fraction of sp³-hybridized carbons (Fsp3) is 0.881. The van der Waals surface area contributed by atoms with Crippen molar-refractivity contribution in [3.63, 3.8) is 0 Å². The molecule has 8 nitrogen and oxygen atoms in total. The van der Waals surface area contributed by atoms with Crippen LogP contribution >= 0.6 is 7.82 Å². The molecule has 0 aliphatic carbocycles. The summed E-state index contributed by atoms with van der Waals surface area (Å²) < 4.78 is 23.5. The van der Waals surface area contributed by atoms with Gasteiger partial charge in [0.2, 0.25) is 5.91 Å². The third-order valence-corrected chi connectivity index (χ3v) is 14.4. The molecule has 0 aliphatic heterocycles. The van der Waals surface area contributed by atoms with Crippen LogP contribution in [0.15, 0.2) is 36.5 Å². The minimum absolute atomic E-state index is 0.0543. The first-order valence-corrected chi connectivity index (χ1v) is 30.8. The molecule has 0 aromatic rings. The molecule has 0 saturated heterocycles. The number of carbonyl (C=O) groups is 1. The molecule has 0 spiro atoms. The maximum Gasteiger partial charge on any atom is 0.472 e. The van der Waals surface area contributed by atoms with Gasteiger partial charge in [-0.15, -0.1) is 0 Å². The number of rotatable bonds is 54. The van der Waals surface area contributed by atoms with Gasteiger partial charge in [-0.1, -0.05) is 275 Å². The third-order valence-electron chi connectivity index (χ3n) is 13.4. The Bertz CT molecular complexity index is 1200. The van der Waals surface area contributed by atoms with Crippen molar-refractivity contribution in [2.75, 3.05) is 40.9 Å². The first kappa shape index (κ1) is 66.7. The second kappa shape index (κ2) is 50.7. The molecule has 1 amide bonds. The van der Waals surface area contributed by atoms with Crippen LogP contribution in [0.1, 0.15) is 284 Å². The van der Waals surface area contributed by atoms with Crippen LogP contribution in [0.5, 0.6) is 0 Å². The largest absolute Gasteiger partial charge is 0.472 e. The lowest BCUT2D eigenvalue weighted by Gasteiger charge is -2.25. The number of carbonyl (C=O) groups excluding carboxylic acids is 1. The molecular weight excluding hydrogens is 864 g/mol. The maximum atomic E-state index is 12.9. The van der Waals surface area contributed by atoms with Crippen molar-refractivity contribution in [2.45, 2.75) is 296 Å². The first-order valence-electron chi connectivity index (χ1n) is 29.3. The van der Waals surface area contributed by atoms with Gasteiger partial charge in [0.25, 0.3) is 0 Å². The number of phosphoric acid groups is 1. The molecule has 0 aromatic carbocycles. The molecule has 9 heteroatoms. The van der Waals surface area contributed by atoms with Gasteiger partial charge in [0, 0.05) is 6.42 Å². The van der Waals surface area contributed by atoms with Gasteiger partial charge in [-0.2, -0.15) is 0 Å². The van der Waals surface area contributed by atoms with Crippen molar-refractivity contribution >= 4 is 13.7 Å². The molecular formula is C59H116N2O6P+. The van der Waals surface area contributed by atoms with E-state index in [1.54, 1.807) is 6.08 Å². The van der Waals surface area contributed by atoms with Crippen LogP contribution in [0.3, 0.4) is 0 Å². The molecule has 0 bridgehead atoms. The summed E-state index contributed by atoms with van der Waals surface area (Å²) in [7, 11) is 1.55. The summed E-state index contributed by atoms with van der Waals surface area (Å²) in [6.45, 7) is 4.57. The van der Waals surface area contributed by atoms with Crippen LogP contribution < -0.4 is 5.32 Å². The van der Waals surface area contributed by atoms with Crippen molar-refractivity contribution in [3.8, 4) is 0 Å². The normalized spacial score (nSPS) is 14.2. The van der Waals surface area contributed by atoms with Crippen LogP contribution in [0.4, 0.5) is 0 Å². The summed E-state index contributed by atoms with van der Waals surface area (Å²) in [5.41, 5.74) is 0. The summed E-state index contributed by atoms with van der Waals surface area (Å²) in [4.78, 5) is 23.1. The van der Waals surface area contributed by atoms with E-state index in [0.29, 0.717) is 17.4 Å². The molecule has 0 saturated carbocycles. The molecule has 0 rings (SSSR count). The van der Waals surface area contributed by atoms with Gasteiger partial charge in [0.15, 0.2) is 0 Å².